The van der Waals surface area contributed by atoms with Crippen LogP contribution in [-0.4, -0.2) is 31.6 Å². The molecule has 7 heterocycles. The molecular weight excluding hydrogens is 565 g/mol. The van der Waals surface area contributed by atoms with E-state index in [9.17, 15) is 0 Å². The molecule has 0 spiro atoms. The van der Waals surface area contributed by atoms with Gasteiger partial charge in [0, 0.05) is 40.1 Å². The SMILES string of the molecule is Cc1ccc(C2=c3ccc([nH]3)=C3C=CC4=[N+]3[B-](F)(F)n3c(ccc3=c3ccc([nH]3)=C(c3ccc(C)cc3)c3ccc2o3)=C4)cc1. The number of aromatic amines is 2. The van der Waals surface area contributed by atoms with E-state index in [1.54, 1.807) is 24.3 Å². The van der Waals surface area contributed by atoms with E-state index in [2.05, 4.69) is 72.3 Å². The molecule has 0 atom stereocenters. The summed E-state index contributed by atoms with van der Waals surface area (Å²) in [6.07, 6.45) is 5.34. The van der Waals surface area contributed by atoms with Crippen molar-refractivity contribution in [1.29, 1.82) is 0 Å². The summed E-state index contributed by atoms with van der Waals surface area (Å²) in [4.78, 5) is 6.95. The highest BCUT2D eigenvalue weighted by atomic mass is 19.2. The van der Waals surface area contributed by atoms with Crippen molar-refractivity contribution < 1.29 is 17.5 Å². The quantitative estimate of drug-likeness (QED) is 0.290. The summed E-state index contributed by atoms with van der Waals surface area (Å²) < 4.78 is 42.7. The van der Waals surface area contributed by atoms with E-state index in [4.69, 9.17) is 4.42 Å². The molecule has 4 aromatic heterocycles. The van der Waals surface area contributed by atoms with E-state index in [0.717, 1.165) is 44.1 Å². The minimum Gasteiger partial charge on any atom is -0.456 e. The van der Waals surface area contributed by atoms with Crippen molar-refractivity contribution >= 4 is 35.6 Å². The molecule has 0 saturated heterocycles. The van der Waals surface area contributed by atoms with E-state index in [1.165, 1.54) is 8.96 Å². The zero-order valence-electron chi connectivity index (χ0n) is 24.6. The molecule has 0 amide bonds. The summed E-state index contributed by atoms with van der Waals surface area (Å²) >= 11 is 0. The summed E-state index contributed by atoms with van der Waals surface area (Å²) in [6, 6.07) is 31.6. The van der Waals surface area contributed by atoms with Gasteiger partial charge >= 0.3 is 6.97 Å². The number of allylic oxidation sites excluding steroid dienone is 1. The molecule has 9 rings (SSSR count). The fourth-order valence-electron chi connectivity index (χ4n) is 6.85. The van der Waals surface area contributed by atoms with Crippen LogP contribution in [0.5, 0.6) is 0 Å². The summed E-state index contributed by atoms with van der Waals surface area (Å²) in [5.74, 6) is 1.34. The number of nitrogens with one attached hydrogen (secondary N) is 2. The molecule has 0 saturated carbocycles. The number of nitrogens with zero attached hydrogens (tertiary/aromatic N) is 2. The maximum atomic E-state index is 16.8. The van der Waals surface area contributed by atoms with Crippen molar-refractivity contribution in [3.05, 3.63) is 175 Å². The molecule has 0 radical (unpaired) electrons. The van der Waals surface area contributed by atoms with Crippen LogP contribution in [0.4, 0.5) is 8.63 Å². The summed E-state index contributed by atoms with van der Waals surface area (Å²) in [5, 5.41) is 3.62. The summed E-state index contributed by atoms with van der Waals surface area (Å²) in [5.41, 5.74) is 6.76. The largest absolute Gasteiger partial charge is 0.738 e. The Kier molecular flexibility index (Phi) is 5.28. The van der Waals surface area contributed by atoms with E-state index in [1.807, 2.05) is 42.5 Å². The van der Waals surface area contributed by atoms with Crippen LogP contribution in [0.15, 0.2) is 114 Å². The lowest BCUT2D eigenvalue weighted by Gasteiger charge is -2.26. The third-order valence-electron chi connectivity index (χ3n) is 9.06. The molecule has 45 heavy (non-hydrogen) atoms. The van der Waals surface area contributed by atoms with Gasteiger partial charge in [0.25, 0.3) is 0 Å². The van der Waals surface area contributed by atoms with Crippen LogP contribution in [0.1, 0.15) is 33.8 Å². The van der Waals surface area contributed by atoms with Crippen molar-refractivity contribution in [2.75, 3.05) is 0 Å². The van der Waals surface area contributed by atoms with Crippen LogP contribution in [0.2, 0.25) is 0 Å². The lowest BCUT2D eigenvalue weighted by Crippen LogP contribution is -2.55. The molecule has 8 heteroatoms. The Bertz CT molecular complexity index is 2630. The van der Waals surface area contributed by atoms with Crippen LogP contribution in [0.3, 0.4) is 0 Å². The average molecular weight is 592 g/mol. The third-order valence-corrected chi connectivity index (χ3v) is 9.06. The van der Waals surface area contributed by atoms with Gasteiger partial charge in [0.1, 0.15) is 16.9 Å². The normalized spacial score (nSPS) is 16.0. The maximum Gasteiger partial charge on any atom is 0.738 e. The minimum absolute atomic E-state index is 0.417. The molecule has 3 aliphatic rings. The smallest absolute Gasteiger partial charge is 0.456 e. The number of furan rings is 1. The standard InChI is InChI=1S/C37H27BF2N4O/c1-22-3-7-24(8-4-22)36-30-15-13-28(41-30)32-17-11-26-21-27-12-18-33(44(27)38(39,40)43(26)32)29-14-16-31(42-29)37(35-20-19-34(36)45-35)25-9-5-23(2)6-10-25/h3-21,41-42H,1-2H3. The van der Waals surface area contributed by atoms with Gasteiger partial charge < -0.3 is 32.0 Å². The number of hydrogen-bond donors (Lipinski definition) is 2. The first-order chi connectivity index (χ1) is 21.8. The monoisotopic (exact) mass is 592 g/mol. The predicted octanol–water partition coefficient (Wildman–Crippen LogP) is 4.30. The van der Waals surface area contributed by atoms with E-state index < -0.39 is 6.97 Å². The first kappa shape index (κ1) is 25.8. The molecule has 3 aliphatic heterocycles. The van der Waals surface area contributed by atoms with Gasteiger partial charge in [-0.1, -0.05) is 59.7 Å². The van der Waals surface area contributed by atoms with Gasteiger partial charge in [-0.15, -0.1) is 0 Å². The third kappa shape index (κ3) is 3.81. The second-order valence-corrected chi connectivity index (χ2v) is 12.0. The molecule has 0 fully saturated rings. The average Bonchev–Trinajstić information content (AvgIpc) is 3.85. The molecule has 6 aromatic rings. The zero-order valence-corrected chi connectivity index (χ0v) is 24.6. The second-order valence-electron chi connectivity index (χ2n) is 12.0. The van der Waals surface area contributed by atoms with Crippen molar-refractivity contribution in [1.82, 2.24) is 14.4 Å². The number of rotatable bonds is 2. The van der Waals surface area contributed by atoms with Crippen molar-refractivity contribution in [2.24, 2.45) is 0 Å². The molecule has 2 N–H and O–H groups in total. The summed E-state index contributed by atoms with van der Waals surface area (Å²) in [7, 11) is 0. The fraction of sp³-hybridized carbons (Fsp3) is 0.0541. The van der Waals surface area contributed by atoms with Gasteiger partial charge in [0.05, 0.1) is 16.0 Å². The van der Waals surface area contributed by atoms with E-state index in [-0.39, 0.29) is 0 Å². The lowest BCUT2D eigenvalue weighted by atomic mass is 9.92. The Balaban J connectivity index is 1.47. The van der Waals surface area contributed by atoms with Crippen LogP contribution in [-0.2, 0) is 0 Å². The fourth-order valence-corrected chi connectivity index (χ4v) is 6.85. The number of hydrogen-bond acceptors (Lipinski definition) is 1. The highest BCUT2D eigenvalue weighted by Gasteiger charge is 2.51. The second kappa shape index (κ2) is 9.19. The van der Waals surface area contributed by atoms with Crippen molar-refractivity contribution in [3.8, 4) is 0 Å². The summed E-state index contributed by atoms with van der Waals surface area (Å²) in [6.45, 7) is -0.122. The number of benzene rings is 2. The van der Waals surface area contributed by atoms with Crippen molar-refractivity contribution in [2.45, 2.75) is 13.8 Å². The van der Waals surface area contributed by atoms with Crippen LogP contribution < -0.4 is 21.4 Å². The number of fused-ring (bicyclic) bond motifs is 6. The zero-order chi connectivity index (χ0) is 30.4. The molecule has 218 valence electrons. The van der Waals surface area contributed by atoms with Gasteiger partial charge in [0.2, 0.25) is 0 Å². The maximum absolute atomic E-state index is 16.8. The number of aryl methyl sites for hydroxylation is 2. The lowest BCUT2D eigenvalue weighted by molar-refractivity contribution is -0.317. The van der Waals surface area contributed by atoms with Gasteiger partial charge in [-0.05, 0) is 73.5 Å². The molecule has 0 unspecified atom stereocenters. The molecular formula is C37H27BF2N4O. The van der Waals surface area contributed by atoms with E-state index >= 15 is 8.63 Å². The van der Waals surface area contributed by atoms with Crippen LogP contribution in [0, 0.1) is 24.5 Å². The highest BCUT2D eigenvalue weighted by molar-refractivity contribution is 6.59. The first-order valence-corrected chi connectivity index (χ1v) is 15.0. The number of aromatic nitrogens is 3. The van der Waals surface area contributed by atoms with Crippen LogP contribution in [0.25, 0.3) is 22.9 Å². The minimum atomic E-state index is -4.22. The van der Waals surface area contributed by atoms with Gasteiger partial charge in [-0.2, -0.15) is 0 Å². The Morgan fingerprint density at radius 2 is 1.18 bits per heavy atom. The van der Waals surface area contributed by atoms with Gasteiger partial charge in [0.15, 0.2) is 11.4 Å². The number of H-pyrrole nitrogens is 2. The van der Waals surface area contributed by atoms with Gasteiger partial charge in [-0.3, -0.25) is 0 Å². The predicted molar refractivity (Wildman–Crippen MR) is 172 cm³/mol. The molecule has 0 aliphatic carbocycles. The number of halogens is 2. The van der Waals surface area contributed by atoms with Crippen LogP contribution >= 0.6 is 0 Å². The Labute approximate surface area is 256 Å². The first-order valence-electron chi connectivity index (χ1n) is 15.0. The highest BCUT2D eigenvalue weighted by Crippen LogP contribution is 2.29. The van der Waals surface area contributed by atoms with E-state index in [0.29, 0.717) is 44.3 Å². The van der Waals surface area contributed by atoms with Gasteiger partial charge in [-0.25, -0.2) is 0 Å². The molecule has 2 aromatic carbocycles. The molecule has 5 nitrogen and oxygen atoms in total. The topological polar surface area (TPSA) is 52.7 Å². The van der Waals surface area contributed by atoms with Crippen molar-refractivity contribution in [3.63, 3.8) is 0 Å². The Hall–Kier alpha value is -5.63. The Morgan fingerprint density at radius 3 is 1.80 bits per heavy atom. The molecule has 8 bridgehead atoms. The Morgan fingerprint density at radius 1 is 0.622 bits per heavy atom.